The predicted octanol–water partition coefficient (Wildman–Crippen LogP) is 2.46. The van der Waals surface area contributed by atoms with Gasteiger partial charge in [0.1, 0.15) is 0 Å². The highest BCUT2D eigenvalue weighted by atomic mass is 14.6. The SMILES string of the molecule is C=CCC(N)c1cc(C)c(N)cc1C. The van der Waals surface area contributed by atoms with Crippen LogP contribution in [0.15, 0.2) is 24.8 Å². The highest BCUT2D eigenvalue weighted by Crippen LogP contribution is 2.23. The van der Waals surface area contributed by atoms with Gasteiger partial charge in [-0.1, -0.05) is 12.1 Å². The van der Waals surface area contributed by atoms with Crippen molar-refractivity contribution in [2.75, 3.05) is 5.73 Å². The van der Waals surface area contributed by atoms with Crippen LogP contribution in [0, 0.1) is 13.8 Å². The van der Waals surface area contributed by atoms with Crippen molar-refractivity contribution in [2.45, 2.75) is 26.3 Å². The van der Waals surface area contributed by atoms with Crippen molar-refractivity contribution >= 4 is 5.69 Å². The predicted molar refractivity (Wildman–Crippen MR) is 62.1 cm³/mol. The molecule has 1 unspecified atom stereocenters. The van der Waals surface area contributed by atoms with Gasteiger partial charge in [-0.05, 0) is 43.0 Å². The molecule has 0 radical (unpaired) electrons. The normalized spacial score (nSPS) is 12.5. The van der Waals surface area contributed by atoms with Gasteiger partial charge < -0.3 is 11.5 Å². The maximum Gasteiger partial charge on any atom is 0.0346 e. The van der Waals surface area contributed by atoms with Gasteiger partial charge in [-0.15, -0.1) is 6.58 Å². The molecule has 0 aliphatic carbocycles. The number of aryl methyl sites for hydroxylation is 2. The quantitative estimate of drug-likeness (QED) is 0.568. The number of anilines is 1. The molecule has 0 fully saturated rings. The van der Waals surface area contributed by atoms with E-state index in [9.17, 15) is 0 Å². The Balaban J connectivity index is 3.08. The van der Waals surface area contributed by atoms with Crippen molar-refractivity contribution in [3.8, 4) is 0 Å². The van der Waals surface area contributed by atoms with Gasteiger partial charge in [-0.3, -0.25) is 0 Å². The molecular weight excluding hydrogens is 172 g/mol. The lowest BCUT2D eigenvalue weighted by Crippen LogP contribution is -2.11. The molecule has 0 spiro atoms. The zero-order valence-corrected chi connectivity index (χ0v) is 8.88. The van der Waals surface area contributed by atoms with E-state index in [0.717, 1.165) is 28.8 Å². The van der Waals surface area contributed by atoms with Gasteiger partial charge in [0.2, 0.25) is 0 Å². The van der Waals surface area contributed by atoms with Gasteiger partial charge in [0.05, 0.1) is 0 Å². The first kappa shape index (κ1) is 10.8. The number of rotatable bonds is 3. The third kappa shape index (κ3) is 2.15. The van der Waals surface area contributed by atoms with E-state index in [-0.39, 0.29) is 6.04 Å². The van der Waals surface area contributed by atoms with Crippen LogP contribution in [0.4, 0.5) is 5.69 Å². The average molecular weight is 190 g/mol. The van der Waals surface area contributed by atoms with Crippen LogP contribution >= 0.6 is 0 Å². The second kappa shape index (κ2) is 4.29. The van der Waals surface area contributed by atoms with Crippen LogP contribution in [0.1, 0.15) is 29.2 Å². The van der Waals surface area contributed by atoms with E-state index < -0.39 is 0 Å². The molecule has 2 nitrogen and oxygen atoms in total. The molecule has 0 aliphatic heterocycles. The number of nitrogens with two attached hydrogens (primary N) is 2. The molecule has 0 amide bonds. The Kier molecular flexibility index (Phi) is 3.31. The monoisotopic (exact) mass is 190 g/mol. The molecule has 0 aromatic heterocycles. The van der Waals surface area contributed by atoms with Crippen molar-refractivity contribution in [3.05, 3.63) is 41.5 Å². The zero-order chi connectivity index (χ0) is 10.7. The van der Waals surface area contributed by atoms with Crippen molar-refractivity contribution in [3.63, 3.8) is 0 Å². The summed E-state index contributed by atoms with van der Waals surface area (Å²) in [5.74, 6) is 0. The number of hydrogen-bond donors (Lipinski definition) is 2. The van der Waals surface area contributed by atoms with Crippen LogP contribution in [0.2, 0.25) is 0 Å². The van der Waals surface area contributed by atoms with Gasteiger partial charge >= 0.3 is 0 Å². The lowest BCUT2D eigenvalue weighted by Gasteiger charge is -2.15. The molecular formula is C12H18N2. The summed E-state index contributed by atoms with van der Waals surface area (Å²) < 4.78 is 0. The minimum Gasteiger partial charge on any atom is -0.399 e. The molecule has 14 heavy (non-hydrogen) atoms. The molecule has 1 rings (SSSR count). The maximum absolute atomic E-state index is 6.01. The topological polar surface area (TPSA) is 52.0 Å². The molecule has 76 valence electrons. The molecule has 4 N–H and O–H groups in total. The van der Waals surface area contributed by atoms with Crippen LogP contribution < -0.4 is 11.5 Å². The Morgan fingerprint density at radius 3 is 2.57 bits per heavy atom. The van der Waals surface area contributed by atoms with E-state index in [0.29, 0.717) is 0 Å². The molecule has 1 aromatic rings. The molecule has 1 atom stereocenters. The summed E-state index contributed by atoms with van der Waals surface area (Å²) in [7, 11) is 0. The molecule has 0 aliphatic rings. The smallest absolute Gasteiger partial charge is 0.0346 e. The van der Waals surface area contributed by atoms with Crippen molar-refractivity contribution in [1.82, 2.24) is 0 Å². The van der Waals surface area contributed by atoms with E-state index in [1.165, 1.54) is 0 Å². The summed E-state index contributed by atoms with van der Waals surface area (Å²) in [6.45, 7) is 7.73. The number of nitrogen functional groups attached to an aromatic ring is 1. The fourth-order valence-corrected chi connectivity index (χ4v) is 1.57. The van der Waals surface area contributed by atoms with E-state index in [2.05, 4.69) is 12.6 Å². The van der Waals surface area contributed by atoms with E-state index in [1.54, 1.807) is 0 Å². The van der Waals surface area contributed by atoms with Crippen LogP contribution in [-0.4, -0.2) is 0 Å². The summed E-state index contributed by atoms with van der Waals surface area (Å²) in [6.07, 6.45) is 2.64. The Morgan fingerprint density at radius 1 is 1.36 bits per heavy atom. The molecule has 1 aromatic carbocycles. The van der Waals surface area contributed by atoms with E-state index >= 15 is 0 Å². The van der Waals surface area contributed by atoms with Crippen molar-refractivity contribution in [1.29, 1.82) is 0 Å². The average Bonchev–Trinajstić information content (AvgIpc) is 2.11. The van der Waals surface area contributed by atoms with Gasteiger partial charge in [-0.2, -0.15) is 0 Å². The fourth-order valence-electron chi connectivity index (χ4n) is 1.57. The first-order valence-corrected chi connectivity index (χ1v) is 4.79. The minimum atomic E-state index is 0.0341. The Bertz CT molecular complexity index is 342. The Hall–Kier alpha value is -1.28. The fraction of sp³-hybridized carbons (Fsp3) is 0.333. The molecule has 0 bridgehead atoms. The van der Waals surface area contributed by atoms with Gasteiger partial charge in [0.15, 0.2) is 0 Å². The van der Waals surface area contributed by atoms with Crippen LogP contribution in [0.5, 0.6) is 0 Å². The standard InChI is InChI=1S/C12H18N2/c1-4-5-11(13)10-6-9(3)12(14)7-8(10)2/h4,6-7,11H,1,5,13-14H2,2-3H3. The van der Waals surface area contributed by atoms with Crippen LogP contribution in [0.25, 0.3) is 0 Å². The zero-order valence-electron chi connectivity index (χ0n) is 8.88. The third-order valence-corrected chi connectivity index (χ3v) is 2.47. The highest BCUT2D eigenvalue weighted by Gasteiger charge is 2.08. The molecule has 2 heteroatoms. The highest BCUT2D eigenvalue weighted by molar-refractivity contribution is 5.51. The first-order chi connectivity index (χ1) is 6.56. The van der Waals surface area contributed by atoms with Crippen molar-refractivity contribution < 1.29 is 0 Å². The summed E-state index contributed by atoms with van der Waals surface area (Å²) in [4.78, 5) is 0. The summed E-state index contributed by atoms with van der Waals surface area (Å²) >= 11 is 0. The third-order valence-electron chi connectivity index (χ3n) is 2.47. The van der Waals surface area contributed by atoms with Crippen molar-refractivity contribution in [2.24, 2.45) is 5.73 Å². The maximum atomic E-state index is 6.01. The van der Waals surface area contributed by atoms with Crippen LogP contribution in [0.3, 0.4) is 0 Å². The minimum absolute atomic E-state index is 0.0341. The van der Waals surface area contributed by atoms with Crippen LogP contribution in [-0.2, 0) is 0 Å². The van der Waals surface area contributed by atoms with Gasteiger partial charge in [0, 0.05) is 11.7 Å². The summed E-state index contributed by atoms with van der Waals surface area (Å²) in [5.41, 5.74) is 16.1. The lowest BCUT2D eigenvalue weighted by molar-refractivity contribution is 0.735. The molecule has 0 heterocycles. The Labute approximate surface area is 85.6 Å². The molecule has 0 saturated carbocycles. The Morgan fingerprint density at radius 2 is 2.00 bits per heavy atom. The summed E-state index contributed by atoms with van der Waals surface area (Å²) in [5, 5.41) is 0. The van der Waals surface area contributed by atoms with Gasteiger partial charge in [0.25, 0.3) is 0 Å². The summed E-state index contributed by atoms with van der Waals surface area (Å²) in [6, 6.07) is 4.08. The largest absolute Gasteiger partial charge is 0.399 e. The number of benzene rings is 1. The van der Waals surface area contributed by atoms with E-state index in [1.807, 2.05) is 26.0 Å². The number of hydrogen-bond acceptors (Lipinski definition) is 2. The van der Waals surface area contributed by atoms with E-state index in [4.69, 9.17) is 11.5 Å². The first-order valence-electron chi connectivity index (χ1n) is 4.79. The van der Waals surface area contributed by atoms with Gasteiger partial charge in [-0.25, -0.2) is 0 Å². The lowest BCUT2D eigenvalue weighted by atomic mass is 9.96. The second-order valence-electron chi connectivity index (χ2n) is 3.70. The molecule has 0 saturated heterocycles. The second-order valence-corrected chi connectivity index (χ2v) is 3.70.